The van der Waals surface area contributed by atoms with Gasteiger partial charge < -0.3 is 11.1 Å². The first-order valence-corrected chi connectivity index (χ1v) is 6.91. The van der Waals surface area contributed by atoms with Gasteiger partial charge in [-0.05, 0) is 19.4 Å². The van der Waals surface area contributed by atoms with Gasteiger partial charge in [0.1, 0.15) is 0 Å². The van der Waals surface area contributed by atoms with Crippen LogP contribution in [0.3, 0.4) is 0 Å². The molecule has 0 amide bonds. The third-order valence-corrected chi connectivity index (χ3v) is 3.99. The summed E-state index contributed by atoms with van der Waals surface area (Å²) in [5.41, 5.74) is 10.1. The van der Waals surface area contributed by atoms with Crippen LogP contribution in [0.1, 0.15) is 23.1 Å². The number of aryl methyl sites for hydroxylation is 1. The highest BCUT2D eigenvalue weighted by Gasteiger charge is 2.20. The molecule has 1 aromatic heterocycles. The van der Waals surface area contributed by atoms with Gasteiger partial charge in [-0.2, -0.15) is 0 Å². The predicted molar refractivity (Wildman–Crippen MR) is 76.5 cm³/mol. The fourth-order valence-electron chi connectivity index (χ4n) is 1.85. The Morgan fingerprint density at radius 3 is 2.67 bits per heavy atom. The number of hydrogen-bond acceptors (Lipinski definition) is 4. The summed E-state index contributed by atoms with van der Waals surface area (Å²) in [6.45, 7) is 5.66. The summed E-state index contributed by atoms with van der Waals surface area (Å²) in [4.78, 5) is 5.51. The zero-order chi connectivity index (χ0) is 13.0. The molecule has 1 heterocycles. The topological polar surface area (TPSA) is 50.9 Å². The molecule has 96 valence electrons. The van der Waals surface area contributed by atoms with Gasteiger partial charge in [-0.25, -0.2) is 4.98 Å². The lowest BCUT2D eigenvalue weighted by Crippen LogP contribution is -2.43. The number of benzene rings is 1. The molecule has 2 rings (SSSR count). The Kier molecular flexibility index (Phi) is 4.11. The summed E-state index contributed by atoms with van der Waals surface area (Å²) < 4.78 is 0. The molecule has 2 aromatic rings. The minimum Gasteiger partial charge on any atom is -0.321 e. The first-order chi connectivity index (χ1) is 8.59. The fraction of sp³-hybridized carbons (Fsp3) is 0.357. The Labute approximate surface area is 112 Å². The Balaban J connectivity index is 1.92. The molecule has 0 saturated heterocycles. The number of nitrogens with two attached hydrogens (primary N) is 1. The van der Waals surface area contributed by atoms with E-state index in [4.69, 9.17) is 5.73 Å². The van der Waals surface area contributed by atoms with Crippen molar-refractivity contribution in [2.75, 3.05) is 6.54 Å². The third-order valence-electron chi connectivity index (χ3n) is 3.06. The van der Waals surface area contributed by atoms with Crippen molar-refractivity contribution >= 4 is 11.3 Å². The molecule has 0 bridgehead atoms. The van der Waals surface area contributed by atoms with E-state index in [1.807, 2.05) is 30.6 Å². The van der Waals surface area contributed by atoms with Crippen LogP contribution in [0, 0.1) is 6.92 Å². The molecule has 0 aliphatic heterocycles. The highest BCUT2D eigenvalue weighted by Crippen LogP contribution is 2.17. The molecular formula is C14H19N3S. The van der Waals surface area contributed by atoms with E-state index in [0.717, 1.165) is 24.3 Å². The van der Waals surface area contributed by atoms with Gasteiger partial charge in [0.2, 0.25) is 0 Å². The van der Waals surface area contributed by atoms with E-state index in [-0.39, 0.29) is 5.54 Å². The molecule has 0 aliphatic rings. The van der Waals surface area contributed by atoms with Crippen LogP contribution in [0.25, 0.3) is 0 Å². The van der Waals surface area contributed by atoms with Gasteiger partial charge in [0.05, 0.1) is 16.7 Å². The zero-order valence-electron chi connectivity index (χ0n) is 10.8. The van der Waals surface area contributed by atoms with Gasteiger partial charge >= 0.3 is 0 Å². The standard InChI is InChI=1S/C14H19N3S/c1-11-13(18-10-17-11)8-16-9-14(2,15)12-6-4-3-5-7-12/h3-7,10,16H,8-9,15H2,1-2H3. The maximum absolute atomic E-state index is 6.34. The van der Waals surface area contributed by atoms with Gasteiger partial charge in [-0.1, -0.05) is 30.3 Å². The summed E-state index contributed by atoms with van der Waals surface area (Å²) in [6.07, 6.45) is 0. The molecule has 3 N–H and O–H groups in total. The van der Waals surface area contributed by atoms with Crippen LogP contribution in [-0.2, 0) is 12.1 Å². The summed E-state index contributed by atoms with van der Waals surface area (Å²) in [5, 5.41) is 3.41. The molecule has 1 aromatic carbocycles. The van der Waals surface area contributed by atoms with E-state index >= 15 is 0 Å². The fourth-order valence-corrected chi connectivity index (χ4v) is 2.60. The number of aromatic nitrogens is 1. The second-order valence-electron chi connectivity index (χ2n) is 4.75. The van der Waals surface area contributed by atoms with Gasteiger partial charge in [0.15, 0.2) is 0 Å². The molecule has 4 heteroatoms. The van der Waals surface area contributed by atoms with Crippen LogP contribution < -0.4 is 11.1 Å². The lowest BCUT2D eigenvalue weighted by Gasteiger charge is -2.25. The maximum Gasteiger partial charge on any atom is 0.0798 e. The van der Waals surface area contributed by atoms with Crippen molar-refractivity contribution in [3.8, 4) is 0 Å². The van der Waals surface area contributed by atoms with Crippen molar-refractivity contribution < 1.29 is 0 Å². The molecule has 1 unspecified atom stereocenters. The van der Waals surface area contributed by atoms with Crippen molar-refractivity contribution in [3.63, 3.8) is 0 Å². The maximum atomic E-state index is 6.34. The Morgan fingerprint density at radius 1 is 1.33 bits per heavy atom. The van der Waals surface area contributed by atoms with Crippen LogP contribution in [0.2, 0.25) is 0 Å². The smallest absolute Gasteiger partial charge is 0.0798 e. The number of nitrogens with one attached hydrogen (secondary N) is 1. The van der Waals surface area contributed by atoms with E-state index in [9.17, 15) is 0 Å². The van der Waals surface area contributed by atoms with Crippen molar-refractivity contribution in [1.29, 1.82) is 0 Å². The molecule has 0 aliphatic carbocycles. The molecule has 0 radical (unpaired) electrons. The quantitative estimate of drug-likeness (QED) is 0.869. The Hall–Kier alpha value is -1.23. The normalized spacial score (nSPS) is 14.4. The monoisotopic (exact) mass is 261 g/mol. The van der Waals surface area contributed by atoms with E-state index in [0.29, 0.717) is 0 Å². The number of hydrogen-bond donors (Lipinski definition) is 2. The summed E-state index contributed by atoms with van der Waals surface area (Å²) in [6, 6.07) is 10.2. The van der Waals surface area contributed by atoms with Crippen LogP contribution in [-0.4, -0.2) is 11.5 Å². The summed E-state index contributed by atoms with van der Waals surface area (Å²) in [5.74, 6) is 0. The summed E-state index contributed by atoms with van der Waals surface area (Å²) >= 11 is 1.68. The van der Waals surface area contributed by atoms with Crippen LogP contribution >= 0.6 is 11.3 Å². The Bertz CT molecular complexity index is 491. The summed E-state index contributed by atoms with van der Waals surface area (Å²) in [7, 11) is 0. The highest BCUT2D eigenvalue weighted by atomic mass is 32.1. The minimum absolute atomic E-state index is 0.347. The van der Waals surface area contributed by atoms with E-state index < -0.39 is 0 Å². The second kappa shape index (κ2) is 5.61. The van der Waals surface area contributed by atoms with E-state index in [2.05, 4.69) is 29.4 Å². The van der Waals surface area contributed by atoms with Crippen molar-refractivity contribution in [1.82, 2.24) is 10.3 Å². The highest BCUT2D eigenvalue weighted by molar-refractivity contribution is 7.09. The molecule has 0 fully saturated rings. The molecule has 0 spiro atoms. The zero-order valence-corrected chi connectivity index (χ0v) is 11.6. The first kappa shape index (κ1) is 13.2. The van der Waals surface area contributed by atoms with Crippen LogP contribution in [0.4, 0.5) is 0 Å². The van der Waals surface area contributed by atoms with Gasteiger partial charge in [-0.15, -0.1) is 11.3 Å². The largest absolute Gasteiger partial charge is 0.321 e. The average molecular weight is 261 g/mol. The first-order valence-electron chi connectivity index (χ1n) is 6.04. The lowest BCUT2D eigenvalue weighted by atomic mass is 9.93. The number of rotatable bonds is 5. The number of thiazole rings is 1. The minimum atomic E-state index is -0.347. The average Bonchev–Trinajstić information content (AvgIpc) is 2.76. The molecule has 18 heavy (non-hydrogen) atoms. The van der Waals surface area contributed by atoms with Crippen LogP contribution in [0.15, 0.2) is 35.8 Å². The predicted octanol–water partition coefficient (Wildman–Crippen LogP) is 2.42. The SMILES string of the molecule is Cc1ncsc1CNCC(C)(N)c1ccccc1. The van der Waals surface area contributed by atoms with E-state index in [1.165, 1.54) is 4.88 Å². The van der Waals surface area contributed by atoms with Crippen molar-refractivity contribution in [3.05, 3.63) is 52.0 Å². The molecular weight excluding hydrogens is 242 g/mol. The molecule has 3 nitrogen and oxygen atoms in total. The Morgan fingerprint density at radius 2 is 2.06 bits per heavy atom. The number of nitrogens with zero attached hydrogens (tertiary/aromatic N) is 1. The van der Waals surface area contributed by atoms with Gasteiger partial charge in [0.25, 0.3) is 0 Å². The second-order valence-corrected chi connectivity index (χ2v) is 5.69. The van der Waals surface area contributed by atoms with Gasteiger partial charge in [0, 0.05) is 18.0 Å². The van der Waals surface area contributed by atoms with E-state index in [1.54, 1.807) is 11.3 Å². The van der Waals surface area contributed by atoms with Crippen LogP contribution in [0.5, 0.6) is 0 Å². The molecule has 0 saturated carbocycles. The lowest BCUT2D eigenvalue weighted by molar-refractivity contribution is 0.446. The molecule has 1 atom stereocenters. The van der Waals surface area contributed by atoms with Crippen molar-refractivity contribution in [2.45, 2.75) is 25.9 Å². The van der Waals surface area contributed by atoms with Crippen molar-refractivity contribution in [2.24, 2.45) is 5.73 Å². The van der Waals surface area contributed by atoms with Gasteiger partial charge in [-0.3, -0.25) is 0 Å². The third kappa shape index (κ3) is 3.16.